The Kier molecular flexibility index (Phi) is 4.47. The number of sulfonamides is 1. The van der Waals surface area contributed by atoms with Gasteiger partial charge in [0, 0.05) is 35.9 Å². The molecular formula is C16H17ClN2O2S. The Morgan fingerprint density at radius 2 is 1.95 bits per heavy atom. The summed E-state index contributed by atoms with van der Waals surface area (Å²) in [7, 11) is -3.30. The van der Waals surface area contributed by atoms with Crippen LogP contribution in [0.3, 0.4) is 0 Å². The average Bonchev–Trinajstić information content (AvgIpc) is 3.01. The van der Waals surface area contributed by atoms with E-state index >= 15 is 0 Å². The molecule has 3 rings (SSSR count). The fourth-order valence-corrected chi connectivity index (χ4v) is 4.44. The van der Waals surface area contributed by atoms with Crippen LogP contribution >= 0.6 is 11.6 Å². The highest BCUT2D eigenvalue weighted by atomic mass is 35.5. The molecule has 22 heavy (non-hydrogen) atoms. The van der Waals surface area contributed by atoms with Crippen molar-refractivity contribution in [3.63, 3.8) is 0 Å². The number of rotatable bonds is 4. The van der Waals surface area contributed by atoms with Gasteiger partial charge in [0.05, 0.1) is 5.75 Å². The second-order valence-corrected chi connectivity index (χ2v) is 7.89. The van der Waals surface area contributed by atoms with E-state index in [9.17, 15) is 8.42 Å². The van der Waals surface area contributed by atoms with E-state index in [2.05, 4.69) is 4.98 Å². The Balaban J connectivity index is 1.70. The Bertz CT molecular complexity index is 733. The standard InChI is InChI=1S/C16H17ClN2O2S/c17-15-6-4-13(5-7-15)12-22(20,21)19-10-8-14(11-19)16-3-1-2-9-18-16/h1-7,9,14H,8,10-12H2/t14-/m0/s1. The Morgan fingerprint density at radius 1 is 1.18 bits per heavy atom. The summed E-state index contributed by atoms with van der Waals surface area (Å²) in [5, 5.41) is 0.609. The third kappa shape index (κ3) is 3.48. The molecule has 0 aliphatic carbocycles. The molecular weight excluding hydrogens is 320 g/mol. The lowest BCUT2D eigenvalue weighted by molar-refractivity contribution is 0.471. The molecule has 0 radical (unpaired) electrons. The van der Waals surface area contributed by atoms with E-state index in [1.165, 1.54) is 0 Å². The Labute approximate surface area is 135 Å². The maximum Gasteiger partial charge on any atom is 0.218 e. The molecule has 1 fully saturated rings. The van der Waals surface area contributed by atoms with E-state index in [1.54, 1.807) is 34.8 Å². The highest BCUT2D eigenvalue weighted by Gasteiger charge is 2.32. The summed E-state index contributed by atoms with van der Waals surface area (Å²) < 4.78 is 26.6. The van der Waals surface area contributed by atoms with Crippen molar-refractivity contribution in [1.29, 1.82) is 0 Å². The number of benzene rings is 1. The molecule has 1 atom stereocenters. The third-order valence-electron chi connectivity index (χ3n) is 3.91. The van der Waals surface area contributed by atoms with Gasteiger partial charge in [-0.2, -0.15) is 0 Å². The van der Waals surface area contributed by atoms with Gasteiger partial charge in [-0.05, 0) is 36.2 Å². The van der Waals surface area contributed by atoms with Crippen LogP contribution in [0.1, 0.15) is 23.6 Å². The lowest BCUT2D eigenvalue weighted by atomic mass is 10.0. The predicted octanol–water partition coefficient (Wildman–Crippen LogP) is 3.05. The van der Waals surface area contributed by atoms with E-state index in [0.29, 0.717) is 18.1 Å². The van der Waals surface area contributed by atoms with Gasteiger partial charge in [-0.3, -0.25) is 4.98 Å². The van der Waals surface area contributed by atoms with E-state index in [1.807, 2.05) is 18.2 Å². The van der Waals surface area contributed by atoms with Crippen molar-refractivity contribution in [3.8, 4) is 0 Å². The van der Waals surface area contributed by atoms with E-state index in [-0.39, 0.29) is 11.7 Å². The summed E-state index contributed by atoms with van der Waals surface area (Å²) in [5.74, 6) is 0.195. The van der Waals surface area contributed by atoms with Crippen LogP contribution in [0.2, 0.25) is 5.02 Å². The van der Waals surface area contributed by atoms with Crippen LogP contribution in [0, 0.1) is 0 Å². The summed E-state index contributed by atoms with van der Waals surface area (Å²) in [6, 6.07) is 12.7. The quantitative estimate of drug-likeness (QED) is 0.862. The van der Waals surface area contributed by atoms with Crippen molar-refractivity contribution < 1.29 is 8.42 Å². The van der Waals surface area contributed by atoms with E-state index in [0.717, 1.165) is 17.7 Å². The molecule has 2 heterocycles. The molecule has 1 saturated heterocycles. The molecule has 116 valence electrons. The number of pyridine rings is 1. The number of aromatic nitrogens is 1. The summed E-state index contributed by atoms with van der Waals surface area (Å²) in [6.45, 7) is 1.06. The molecule has 0 spiro atoms. The predicted molar refractivity (Wildman–Crippen MR) is 87.2 cm³/mol. The minimum absolute atomic E-state index is 0.0130. The van der Waals surface area contributed by atoms with Crippen molar-refractivity contribution in [1.82, 2.24) is 9.29 Å². The SMILES string of the molecule is O=S(=O)(Cc1ccc(Cl)cc1)N1CC[C@H](c2ccccn2)C1. The van der Waals surface area contributed by atoms with E-state index < -0.39 is 10.0 Å². The molecule has 1 aromatic carbocycles. The maximum atomic E-state index is 12.5. The summed E-state index contributed by atoms with van der Waals surface area (Å²) in [5.41, 5.74) is 1.72. The van der Waals surface area contributed by atoms with Gasteiger partial charge in [0.25, 0.3) is 0 Å². The van der Waals surface area contributed by atoms with Crippen molar-refractivity contribution >= 4 is 21.6 Å². The van der Waals surface area contributed by atoms with Gasteiger partial charge in [-0.15, -0.1) is 0 Å². The van der Waals surface area contributed by atoms with Gasteiger partial charge >= 0.3 is 0 Å². The number of hydrogen-bond donors (Lipinski definition) is 0. The first-order chi connectivity index (χ1) is 10.5. The zero-order valence-electron chi connectivity index (χ0n) is 12.0. The molecule has 1 aromatic heterocycles. The van der Waals surface area contributed by atoms with Crippen LogP contribution in [-0.4, -0.2) is 30.8 Å². The van der Waals surface area contributed by atoms with Crippen LogP contribution in [0.25, 0.3) is 0 Å². The first-order valence-electron chi connectivity index (χ1n) is 7.18. The van der Waals surface area contributed by atoms with Gasteiger partial charge in [-0.25, -0.2) is 12.7 Å². The second-order valence-electron chi connectivity index (χ2n) is 5.48. The number of hydrogen-bond acceptors (Lipinski definition) is 3. The first-order valence-corrected chi connectivity index (χ1v) is 9.16. The smallest absolute Gasteiger partial charge is 0.218 e. The largest absolute Gasteiger partial charge is 0.261 e. The zero-order chi connectivity index (χ0) is 15.6. The van der Waals surface area contributed by atoms with Crippen LogP contribution in [-0.2, 0) is 15.8 Å². The van der Waals surface area contributed by atoms with Gasteiger partial charge in [-0.1, -0.05) is 29.8 Å². The van der Waals surface area contributed by atoms with Gasteiger partial charge < -0.3 is 0 Å². The molecule has 6 heteroatoms. The molecule has 0 amide bonds. The minimum Gasteiger partial charge on any atom is -0.261 e. The van der Waals surface area contributed by atoms with Crippen molar-refractivity contribution in [3.05, 3.63) is 64.9 Å². The van der Waals surface area contributed by atoms with Crippen molar-refractivity contribution in [2.24, 2.45) is 0 Å². The van der Waals surface area contributed by atoms with Crippen LogP contribution < -0.4 is 0 Å². The average molecular weight is 337 g/mol. The summed E-state index contributed by atoms with van der Waals surface area (Å²) in [4.78, 5) is 4.33. The van der Waals surface area contributed by atoms with Gasteiger partial charge in [0.2, 0.25) is 10.0 Å². The van der Waals surface area contributed by atoms with Gasteiger partial charge in [0.1, 0.15) is 0 Å². The summed E-state index contributed by atoms with van der Waals surface area (Å²) >= 11 is 5.83. The highest BCUT2D eigenvalue weighted by molar-refractivity contribution is 7.88. The number of nitrogens with zero attached hydrogens (tertiary/aromatic N) is 2. The fourth-order valence-electron chi connectivity index (χ4n) is 2.72. The normalized spacial score (nSPS) is 19.4. The topological polar surface area (TPSA) is 50.3 Å². The molecule has 0 saturated carbocycles. The Morgan fingerprint density at radius 3 is 2.64 bits per heavy atom. The summed E-state index contributed by atoms with van der Waals surface area (Å²) in [6.07, 6.45) is 2.57. The highest BCUT2D eigenvalue weighted by Crippen LogP contribution is 2.28. The van der Waals surface area contributed by atoms with Gasteiger partial charge in [0.15, 0.2) is 0 Å². The first kappa shape index (κ1) is 15.5. The van der Waals surface area contributed by atoms with Crippen molar-refractivity contribution in [2.75, 3.05) is 13.1 Å². The molecule has 4 nitrogen and oxygen atoms in total. The van der Waals surface area contributed by atoms with Crippen LogP contribution in [0.4, 0.5) is 0 Å². The van der Waals surface area contributed by atoms with E-state index in [4.69, 9.17) is 11.6 Å². The monoisotopic (exact) mass is 336 g/mol. The fraction of sp³-hybridized carbons (Fsp3) is 0.312. The molecule has 1 aliphatic heterocycles. The lowest BCUT2D eigenvalue weighted by Gasteiger charge is -2.16. The molecule has 0 unspecified atom stereocenters. The van der Waals surface area contributed by atoms with Crippen LogP contribution in [0.15, 0.2) is 48.7 Å². The zero-order valence-corrected chi connectivity index (χ0v) is 13.6. The molecule has 1 aliphatic rings. The van der Waals surface area contributed by atoms with Crippen LogP contribution in [0.5, 0.6) is 0 Å². The Hall–Kier alpha value is -1.43. The molecule has 0 N–H and O–H groups in total. The molecule has 2 aromatic rings. The third-order valence-corrected chi connectivity index (χ3v) is 5.98. The number of halogens is 1. The maximum absolute atomic E-state index is 12.5. The lowest BCUT2D eigenvalue weighted by Crippen LogP contribution is -2.29. The van der Waals surface area contributed by atoms with Crippen molar-refractivity contribution in [2.45, 2.75) is 18.1 Å². The molecule has 0 bridgehead atoms. The minimum atomic E-state index is -3.30. The second kappa shape index (κ2) is 6.36.